The van der Waals surface area contributed by atoms with E-state index in [-0.39, 0.29) is 0 Å². The molecule has 0 bridgehead atoms. The maximum Gasteiger partial charge on any atom is 0.150 e. The van der Waals surface area contributed by atoms with Crippen molar-refractivity contribution in [2.24, 2.45) is 0 Å². The molecule has 0 unspecified atom stereocenters. The maximum absolute atomic E-state index is 6.22. The molecule has 22 heavy (non-hydrogen) atoms. The summed E-state index contributed by atoms with van der Waals surface area (Å²) in [6.07, 6.45) is 0. The van der Waals surface area contributed by atoms with Crippen molar-refractivity contribution in [2.75, 3.05) is 0 Å². The highest BCUT2D eigenvalue weighted by Crippen LogP contribution is 2.35. The highest BCUT2D eigenvalue weighted by molar-refractivity contribution is 8.00. The molecule has 0 spiro atoms. The summed E-state index contributed by atoms with van der Waals surface area (Å²) in [5, 5.41) is 4.02. The molecular weight excluding hydrogens is 377 g/mol. The minimum absolute atomic E-state index is 0.612. The second kappa shape index (κ2) is 7.24. The Bertz CT molecular complexity index is 802. The van der Waals surface area contributed by atoms with E-state index in [1.807, 2.05) is 41.8 Å². The maximum atomic E-state index is 6.22. The summed E-state index contributed by atoms with van der Waals surface area (Å²) in [5.41, 5.74) is 2.87. The SMILES string of the molecule is Clc1ccc(-c2csc(SCc3ccccc3Cl)n2)c(Cl)c1. The number of hydrogen-bond acceptors (Lipinski definition) is 3. The van der Waals surface area contributed by atoms with Crippen LogP contribution in [0.1, 0.15) is 5.56 Å². The molecule has 0 aliphatic carbocycles. The second-order valence-corrected chi connectivity index (χ2v) is 7.83. The molecule has 112 valence electrons. The Hall–Kier alpha value is -0.710. The van der Waals surface area contributed by atoms with Crippen molar-refractivity contribution in [3.63, 3.8) is 0 Å². The van der Waals surface area contributed by atoms with Gasteiger partial charge < -0.3 is 0 Å². The van der Waals surface area contributed by atoms with E-state index in [4.69, 9.17) is 34.8 Å². The smallest absolute Gasteiger partial charge is 0.150 e. The van der Waals surface area contributed by atoms with Crippen molar-refractivity contribution in [2.45, 2.75) is 10.1 Å². The van der Waals surface area contributed by atoms with Crippen molar-refractivity contribution in [3.8, 4) is 11.3 Å². The first-order valence-electron chi connectivity index (χ1n) is 6.40. The van der Waals surface area contributed by atoms with Crippen LogP contribution in [0.25, 0.3) is 11.3 Å². The largest absolute Gasteiger partial charge is 0.230 e. The van der Waals surface area contributed by atoms with Gasteiger partial charge in [0.05, 0.1) is 10.7 Å². The molecule has 1 heterocycles. The van der Waals surface area contributed by atoms with Gasteiger partial charge >= 0.3 is 0 Å². The van der Waals surface area contributed by atoms with Gasteiger partial charge in [0.2, 0.25) is 0 Å². The van der Waals surface area contributed by atoms with Crippen LogP contribution in [0.15, 0.2) is 52.2 Å². The van der Waals surface area contributed by atoms with Crippen LogP contribution in [0.3, 0.4) is 0 Å². The van der Waals surface area contributed by atoms with E-state index in [1.54, 1.807) is 29.2 Å². The first-order valence-corrected chi connectivity index (χ1v) is 9.40. The molecular formula is C16H10Cl3NS2. The number of benzene rings is 2. The van der Waals surface area contributed by atoms with Crippen LogP contribution in [0.2, 0.25) is 15.1 Å². The standard InChI is InChI=1S/C16H10Cl3NS2/c17-11-5-6-12(14(19)7-11)15-9-22-16(20-15)21-8-10-3-1-2-4-13(10)18/h1-7,9H,8H2. The Balaban J connectivity index is 1.75. The fourth-order valence-corrected chi connectivity index (χ4v) is 4.52. The van der Waals surface area contributed by atoms with Gasteiger partial charge in [-0.05, 0) is 29.8 Å². The molecule has 0 amide bonds. The number of thiazole rings is 1. The van der Waals surface area contributed by atoms with Gasteiger partial charge in [-0.2, -0.15) is 0 Å². The Kier molecular flexibility index (Phi) is 5.32. The topological polar surface area (TPSA) is 12.9 Å². The summed E-state index contributed by atoms with van der Waals surface area (Å²) in [6, 6.07) is 13.3. The molecule has 0 aliphatic heterocycles. The Morgan fingerprint density at radius 2 is 1.82 bits per heavy atom. The fraction of sp³-hybridized carbons (Fsp3) is 0.0625. The third-order valence-corrected chi connectivity index (χ3v) is 5.99. The molecule has 3 rings (SSSR count). The predicted molar refractivity (Wildman–Crippen MR) is 98.6 cm³/mol. The van der Waals surface area contributed by atoms with Crippen LogP contribution in [-0.4, -0.2) is 4.98 Å². The molecule has 3 aromatic rings. The number of aromatic nitrogens is 1. The van der Waals surface area contributed by atoms with Crippen LogP contribution in [0.5, 0.6) is 0 Å². The molecule has 0 saturated heterocycles. The number of hydrogen-bond donors (Lipinski definition) is 0. The monoisotopic (exact) mass is 385 g/mol. The molecule has 0 fully saturated rings. The average Bonchev–Trinajstić information content (AvgIpc) is 2.95. The molecule has 2 aromatic carbocycles. The lowest BCUT2D eigenvalue weighted by Crippen LogP contribution is -1.83. The Morgan fingerprint density at radius 1 is 1.00 bits per heavy atom. The van der Waals surface area contributed by atoms with E-state index in [0.29, 0.717) is 10.0 Å². The van der Waals surface area contributed by atoms with Crippen LogP contribution in [-0.2, 0) is 5.75 Å². The lowest BCUT2D eigenvalue weighted by atomic mass is 10.2. The normalized spacial score (nSPS) is 10.9. The van der Waals surface area contributed by atoms with Gasteiger partial charge in [0.25, 0.3) is 0 Å². The van der Waals surface area contributed by atoms with Crippen LogP contribution in [0.4, 0.5) is 0 Å². The molecule has 1 aromatic heterocycles. The zero-order chi connectivity index (χ0) is 15.5. The highest BCUT2D eigenvalue weighted by atomic mass is 35.5. The molecule has 1 nitrogen and oxygen atoms in total. The van der Waals surface area contributed by atoms with Crippen molar-refractivity contribution in [3.05, 3.63) is 68.5 Å². The molecule has 6 heteroatoms. The van der Waals surface area contributed by atoms with Gasteiger partial charge in [-0.1, -0.05) is 64.8 Å². The van der Waals surface area contributed by atoms with E-state index in [9.17, 15) is 0 Å². The third-order valence-electron chi connectivity index (χ3n) is 3.00. The van der Waals surface area contributed by atoms with Crippen molar-refractivity contribution in [1.82, 2.24) is 4.98 Å². The minimum atomic E-state index is 0.612. The van der Waals surface area contributed by atoms with Crippen LogP contribution in [0, 0.1) is 0 Å². The summed E-state index contributed by atoms with van der Waals surface area (Å²) >= 11 is 21.6. The van der Waals surface area contributed by atoms with E-state index in [2.05, 4.69) is 4.98 Å². The third kappa shape index (κ3) is 3.79. The van der Waals surface area contributed by atoms with Gasteiger partial charge in [-0.15, -0.1) is 11.3 Å². The summed E-state index contributed by atoms with van der Waals surface area (Å²) < 4.78 is 0.987. The quantitative estimate of drug-likeness (QED) is 0.445. The summed E-state index contributed by atoms with van der Waals surface area (Å²) in [4.78, 5) is 4.63. The zero-order valence-electron chi connectivity index (χ0n) is 11.2. The first kappa shape index (κ1) is 16.2. The zero-order valence-corrected chi connectivity index (χ0v) is 15.1. The number of rotatable bonds is 4. The summed E-state index contributed by atoms with van der Waals surface area (Å²) in [7, 11) is 0. The molecule has 0 N–H and O–H groups in total. The lowest BCUT2D eigenvalue weighted by molar-refractivity contribution is 1.24. The van der Waals surface area contributed by atoms with Crippen LogP contribution >= 0.6 is 57.9 Å². The van der Waals surface area contributed by atoms with Crippen molar-refractivity contribution in [1.29, 1.82) is 0 Å². The molecule has 0 aliphatic rings. The Morgan fingerprint density at radius 3 is 2.59 bits per heavy atom. The first-order chi connectivity index (χ1) is 10.6. The van der Waals surface area contributed by atoms with Crippen LogP contribution < -0.4 is 0 Å². The van der Waals surface area contributed by atoms with Gasteiger partial charge in [-0.25, -0.2) is 4.98 Å². The number of halogens is 3. The van der Waals surface area contributed by atoms with E-state index in [1.165, 1.54) is 0 Å². The lowest BCUT2D eigenvalue weighted by Gasteiger charge is -2.02. The number of nitrogens with zero attached hydrogens (tertiary/aromatic N) is 1. The van der Waals surface area contributed by atoms with Crippen molar-refractivity contribution >= 4 is 57.9 Å². The molecule has 0 radical (unpaired) electrons. The second-order valence-electron chi connectivity index (χ2n) is 4.50. The van der Waals surface area contributed by atoms with Gasteiger partial charge in [0.1, 0.15) is 0 Å². The molecule has 0 saturated carbocycles. The van der Waals surface area contributed by atoms with E-state index in [0.717, 1.165) is 31.9 Å². The van der Waals surface area contributed by atoms with E-state index < -0.39 is 0 Å². The van der Waals surface area contributed by atoms with Gasteiger partial charge in [0.15, 0.2) is 4.34 Å². The summed E-state index contributed by atoms with van der Waals surface area (Å²) in [5.74, 6) is 0.793. The number of thioether (sulfide) groups is 1. The van der Waals surface area contributed by atoms with Crippen molar-refractivity contribution < 1.29 is 0 Å². The van der Waals surface area contributed by atoms with Gasteiger partial charge in [-0.3, -0.25) is 0 Å². The van der Waals surface area contributed by atoms with E-state index >= 15 is 0 Å². The molecule has 0 atom stereocenters. The van der Waals surface area contributed by atoms with Gasteiger partial charge in [0, 0.05) is 26.7 Å². The predicted octanol–water partition coefficient (Wildman–Crippen LogP) is 7.06. The minimum Gasteiger partial charge on any atom is -0.230 e. The fourth-order valence-electron chi connectivity index (χ4n) is 1.90. The Labute approximate surface area is 152 Å². The average molecular weight is 387 g/mol. The summed E-state index contributed by atoms with van der Waals surface area (Å²) in [6.45, 7) is 0. The highest BCUT2D eigenvalue weighted by Gasteiger charge is 2.10.